The van der Waals surface area contributed by atoms with E-state index in [1.54, 1.807) is 0 Å². The molecule has 1 unspecified atom stereocenters. The maximum atomic E-state index is 12.5. The summed E-state index contributed by atoms with van der Waals surface area (Å²) in [7, 11) is 1.37. The van der Waals surface area contributed by atoms with Gasteiger partial charge in [-0.05, 0) is 24.3 Å². The van der Waals surface area contributed by atoms with E-state index in [-0.39, 0.29) is 12.1 Å². The van der Waals surface area contributed by atoms with Gasteiger partial charge in [-0.3, -0.25) is 19.6 Å². The second-order valence-electron chi connectivity index (χ2n) is 5.03. The van der Waals surface area contributed by atoms with Crippen molar-refractivity contribution in [1.29, 1.82) is 0 Å². The molecule has 0 radical (unpaired) electrons. The topological polar surface area (TPSA) is 108 Å². The van der Waals surface area contributed by atoms with E-state index >= 15 is 0 Å². The molecule has 7 nitrogen and oxygen atoms in total. The Morgan fingerprint density at radius 1 is 1.15 bits per heavy atom. The third-order valence-corrected chi connectivity index (χ3v) is 3.14. The summed E-state index contributed by atoms with van der Waals surface area (Å²) >= 11 is 0. The van der Waals surface area contributed by atoms with Gasteiger partial charge in [-0.1, -0.05) is 11.8 Å². The summed E-state index contributed by atoms with van der Waals surface area (Å²) < 4.78 is 37.5. The SMILES string of the molecule is CNC(=O)CNC(=O)C(C#Cc1ccc(C(F)(F)F)cc1)CC(=O)NO. The smallest absolute Gasteiger partial charge is 0.358 e. The van der Waals surface area contributed by atoms with Gasteiger partial charge in [-0.2, -0.15) is 13.2 Å². The molecule has 26 heavy (non-hydrogen) atoms. The lowest BCUT2D eigenvalue weighted by Crippen LogP contribution is -2.39. The van der Waals surface area contributed by atoms with E-state index in [2.05, 4.69) is 22.5 Å². The van der Waals surface area contributed by atoms with E-state index in [1.807, 2.05) is 0 Å². The van der Waals surface area contributed by atoms with Crippen LogP contribution in [0.3, 0.4) is 0 Å². The number of likely N-dealkylation sites (N-methyl/N-ethyl adjacent to an activating group) is 1. The standard InChI is InChI=1S/C16H16F3N3O4/c1-20-14(24)9-21-15(25)11(8-13(23)22-26)5-2-10-3-6-12(7-4-10)16(17,18)19/h3-4,6-7,11,26H,8-9H2,1H3,(H,20,24)(H,21,25)(H,22,23). The van der Waals surface area contributed by atoms with E-state index in [1.165, 1.54) is 12.5 Å². The van der Waals surface area contributed by atoms with Crippen LogP contribution in [0.25, 0.3) is 0 Å². The minimum Gasteiger partial charge on any atom is -0.358 e. The predicted octanol–water partition coefficient (Wildman–Crippen LogP) is 0.431. The van der Waals surface area contributed by atoms with Gasteiger partial charge >= 0.3 is 6.18 Å². The number of carbonyl (C=O) groups excluding carboxylic acids is 3. The Labute approximate surface area is 146 Å². The number of hydroxylamine groups is 1. The highest BCUT2D eigenvalue weighted by Gasteiger charge is 2.29. The van der Waals surface area contributed by atoms with Crippen molar-refractivity contribution in [3.63, 3.8) is 0 Å². The zero-order valence-electron chi connectivity index (χ0n) is 13.6. The Kier molecular flexibility index (Phi) is 7.61. The van der Waals surface area contributed by atoms with Crippen molar-refractivity contribution in [3.05, 3.63) is 35.4 Å². The molecule has 0 saturated heterocycles. The molecule has 140 valence electrons. The quantitative estimate of drug-likeness (QED) is 0.342. The van der Waals surface area contributed by atoms with Gasteiger partial charge in [0, 0.05) is 12.6 Å². The first-order valence-corrected chi connectivity index (χ1v) is 7.27. The number of rotatable bonds is 5. The average molecular weight is 371 g/mol. The zero-order valence-corrected chi connectivity index (χ0v) is 13.6. The fourth-order valence-corrected chi connectivity index (χ4v) is 1.73. The highest BCUT2D eigenvalue weighted by molar-refractivity contribution is 5.90. The normalized spacial score (nSPS) is 11.6. The maximum Gasteiger partial charge on any atom is 0.416 e. The number of halogens is 3. The lowest BCUT2D eigenvalue weighted by molar-refractivity contribution is -0.137. The lowest BCUT2D eigenvalue weighted by atomic mass is 10.0. The van der Waals surface area contributed by atoms with Gasteiger partial charge in [0.15, 0.2) is 0 Å². The molecule has 0 aromatic heterocycles. The molecule has 0 aliphatic rings. The molecule has 1 rings (SSSR count). The van der Waals surface area contributed by atoms with Crippen molar-refractivity contribution >= 4 is 17.7 Å². The van der Waals surface area contributed by atoms with Crippen molar-refractivity contribution in [3.8, 4) is 11.8 Å². The van der Waals surface area contributed by atoms with Crippen LogP contribution in [0.15, 0.2) is 24.3 Å². The van der Waals surface area contributed by atoms with Gasteiger partial charge in [0.05, 0.1) is 18.5 Å². The van der Waals surface area contributed by atoms with Crippen LogP contribution in [-0.2, 0) is 20.6 Å². The summed E-state index contributed by atoms with van der Waals surface area (Å²) in [6, 6.07) is 3.93. The number of hydrogen-bond donors (Lipinski definition) is 4. The van der Waals surface area contributed by atoms with Gasteiger partial charge in [0.2, 0.25) is 17.7 Å². The lowest BCUT2D eigenvalue weighted by Gasteiger charge is -2.10. The largest absolute Gasteiger partial charge is 0.416 e. The number of nitrogens with one attached hydrogen (secondary N) is 3. The van der Waals surface area contributed by atoms with E-state index < -0.39 is 41.8 Å². The average Bonchev–Trinajstić information content (AvgIpc) is 2.62. The molecule has 10 heteroatoms. The van der Waals surface area contributed by atoms with Crippen molar-refractivity contribution < 1.29 is 32.8 Å². The number of carbonyl (C=O) groups is 3. The van der Waals surface area contributed by atoms with Crippen LogP contribution in [0.5, 0.6) is 0 Å². The Bertz CT molecular complexity index is 721. The number of alkyl halides is 3. The highest BCUT2D eigenvalue weighted by atomic mass is 19.4. The summed E-state index contributed by atoms with van der Waals surface area (Å²) in [5.41, 5.74) is 0.713. The maximum absolute atomic E-state index is 12.5. The molecule has 0 fully saturated rings. The van der Waals surface area contributed by atoms with Crippen LogP contribution < -0.4 is 16.1 Å². The monoisotopic (exact) mass is 371 g/mol. The summed E-state index contributed by atoms with van der Waals surface area (Å²) in [6.07, 6.45) is -4.98. The minimum atomic E-state index is -4.48. The summed E-state index contributed by atoms with van der Waals surface area (Å²) in [5, 5.41) is 13.1. The number of hydrogen-bond acceptors (Lipinski definition) is 4. The number of benzene rings is 1. The molecule has 0 aliphatic carbocycles. The Balaban J connectivity index is 2.92. The Hall–Kier alpha value is -3.06. The zero-order chi connectivity index (χ0) is 19.7. The summed E-state index contributed by atoms with van der Waals surface area (Å²) in [5.74, 6) is 1.64. The third-order valence-electron chi connectivity index (χ3n) is 3.14. The van der Waals surface area contributed by atoms with Crippen LogP contribution in [0.4, 0.5) is 13.2 Å². The van der Waals surface area contributed by atoms with Gasteiger partial charge in [-0.15, -0.1) is 0 Å². The van der Waals surface area contributed by atoms with E-state index in [0.717, 1.165) is 24.3 Å². The van der Waals surface area contributed by atoms with Crippen LogP contribution >= 0.6 is 0 Å². The second kappa shape index (κ2) is 9.43. The highest BCUT2D eigenvalue weighted by Crippen LogP contribution is 2.28. The van der Waals surface area contributed by atoms with Crippen molar-refractivity contribution in [2.45, 2.75) is 12.6 Å². The predicted molar refractivity (Wildman–Crippen MR) is 83.4 cm³/mol. The molecular weight excluding hydrogens is 355 g/mol. The van der Waals surface area contributed by atoms with E-state index in [9.17, 15) is 27.6 Å². The van der Waals surface area contributed by atoms with Gasteiger partial charge in [0.25, 0.3) is 0 Å². The second-order valence-corrected chi connectivity index (χ2v) is 5.03. The molecular formula is C16H16F3N3O4. The van der Waals surface area contributed by atoms with Gasteiger partial charge in [0.1, 0.15) is 5.92 Å². The van der Waals surface area contributed by atoms with E-state index in [4.69, 9.17) is 5.21 Å². The van der Waals surface area contributed by atoms with Crippen molar-refractivity contribution in [2.24, 2.45) is 5.92 Å². The molecule has 3 amide bonds. The molecule has 4 N–H and O–H groups in total. The molecule has 0 heterocycles. The van der Waals surface area contributed by atoms with Crippen molar-refractivity contribution in [2.75, 3.05) is 13.6 Å². The molecule has 1 aromatic rings. The summed E-state index contributed by atoms with van der Waals surface area (Å²) in [4.78, 5) is 34.4. The fourth-order valence-electron chi connectivity index (χ4n) is 1.73. The van der Waals surface area contributed by atoms with Gasteiger partial charge in [-0.25, -0.2) is 5.48 Å². The first-order chi connectivity index (χ1) is 12.2. The Morgan fingerprint density at radius 2 is 1.77 bits per heavy atom. The molecule has 1 aromatic carbocycles. The molecule has 0 saturated carbocycles. The summed E-state index contributed by atoms with van der Waals surface area (Å²) in [6.45, 7) is -0.339. The fraction of sp³-hybridized carbons (Fsp3) is 0.312. The van der Waals surface area contributed by atoms with Crippen LogP contribution in [-0.4, -0.2) is 36.5 Å². The first kappa shape index (κ1) is 21.0. The third kappa shape index (κ3) is 6.82. The first-order valence-electron chi connectivity index (χ1n) is 7.27. The van der Waals surface area contributed by atoms with Crippen molar-refractivity contribution in [1.82, 2.24) is 16.1 Å². The minimum absolute atomic E-state index is 0.200. The molecule has 0 aliphatic heterocycles. The van der Waals surface area contributed by atoms with Crippen LogP contribution in [0.2, 0.25) is 0 Å². The van der Waals surface area contributed by atoms with E-state index in [0.29, 0.717) is 0 Å². The van der Waals surface area contributed by atoms with Gasteiger partial charge < -0.3 is 10.6 Å². The molecule has 0 spiro atoms. The Morgan fingerprint density at radius 3 is 2.27 bits per heavy atom. The van der Waals surface area contributed by atoms with Crippen LogP contribution in [0.1, 0.15) is 17.5 Å². The molecule has 1 atom stereocenters. The van der Waals surface area contributed by atoms with Crippen LogP contribution in [0, 0.1) is 17.8 Å². The molecule has 0 bridgehead atoms. The number of amides is 3.